The Morgan fingerprint density at radius 3 is 2.20 bits per heavy atom. The predicted molar refractivity (Wildman–Crippen MR) is 108 cm³/mol. The number of ether oxygens (including phenoxy) is 4. The van der Waals surface area contributed by atoms with Crippen molar-refractivity contribution in [2.75, 3.05) is 31.7 Å². The topological polar surface area (TPSA) is 139 Å². The molecule has 1 aromatic heterocycles. The first kappa shape index (κ1) is 22.9. The molecule has 11 nitrogen and oxygen atoms in total. The van der Waals surface area contributed by atoms with E-state index in [0.717, 1.165) is 6.20 Å². The second-order valence-electron chi connectivity index (χ2n) is 5.49. The lowest BCUT2D eigenvalue weighted by atomic mass is 10.2. The molecule has 2 aromatic rings. The van der Waals surface area contributed by atoms with E-state index >= 15 is 0 Å². The number of esters is 1. The van der Waals surface area contributed by atoms with Gasteiger partial charge in [-0.1, -0.05) is 0 Å². The first-order chi connectivity index (χ1) is 14.4. The first-order valence-electron chi connectivity index (χ1n) is 9.03. The van der Waals surface area contributed by atoms with Gasteiger partial charge in [0.05, 0.1) is 30.3 Å². The van der Waals surface area contributed by atoms with Gasteiger partial charge in [0, 0.05) is 0 Å². The van der Waals surface area contributed by atoms with Gasteiger partial charge in [-0.2, -0.15) is 0 Å². The van der Waals surface area contributed by atoms with Crippen molar-refractivity contribution >= 4 is 33.3 Å². The van der Waals surface area contributed by atoms with Crippen LogP contribution in [0.3, 0.4) is 0 Å². The number of carbonyl (C=O) groups is 2. The number of nitrogens with one attached hydrogen (secondary N) is 1. The third-order valence-electron chi connectivity index (χ3n) is 3.40. The standard InChI is InChI=1S/C18H21N3O8S/c1-4-26-12-7-11(8-13(27-5-2)16(12)28-6-3)17(23)29-10-14(22)20-18-19-9-15(30-18)21(24)25/h7-9H,4-6,10H2,1-3H3,(H,19,20,22). The predicted octanol–water partition coefficient (Wildman–Crippen LogP) is 3.04. The van der Waals surface area contributed by atoms with Crippen LogP contribution >= 0.6 is 11.3 Å². The number of rotatable bonds is 11. The molecular formula is C18H21N3O8S. The van der Waals surface area contributed by atoms with Crippen LogP contribution in [0.2, 0.25) is 0 Å². The van der Waals surface area contributed by atoms with Crippen molar-refractivity contribution in [3.05, 3.63) is 34.0 Å². The molecule has 1 heterocycles. The summed E-state index contributed by atoms with van der Waals surface area (Å²) >= 11 is 0.691. The van der Waals surface area contributed by atoms with Gasteiger partial charge in [-0.15, -0.1) is 0 Å². The van der Waals surface area contributed by atoms with Gasteiger partial charge in [0.15, 0.2) is 23.2 Å². The maximum Gasteiger partial charge on any atom is 0.345 e. The summed E-state index contributed by atoms with van der Waals surface area (Å²) in [5, 5.41) is 12.8. The molecular weight excluding hydrogens is 418 g/mol. The molecule has 12 heteroatoms. The lowest BCUT2D eigenvalue weighted by Crippen LogP contribution is -2.21. The van der Waals surface area contributed by atoms with E-state index in [9.17, 15) is 19.7 Å². The first-order valence-corrected chi connectivity index (χ1v) is 9.84. The molecule has 2 rings (SSSR count). The van der Waals surface area contributed by atoms with E-state index in [1.165, 1.54) is 12.1 Å². The normalized spacial score (nSPS) is 10.2. The minimum Gasteiger partial charge on any atom is -0.490 e. The van der Waals surface area contributed by atoms with Gasteiger partial charge in [-0.05, 0) is 44.2 Å². The van der Waals surface area contributed by atoms with Gasteiger partial charge < -0.3 is 18.9 Å². The summed E-state index contributed by atoms with van der Waals surface area (Å²) in [6.07, 6.45) is 1.02. The minimum absolute atomic E-state index is 0.0288. The van der Waals surface area contributed by atoms with Gasteiger partial charge >= 0.3 is 11.0 Å². The van der Waals surface area contributed by atoms with Gasteiger partial charge in [0.1, 0.15) is 6.20 Å². The molecule has 0 fully saturated rings. The van der Waals surface area contributed by atoms with Crippen molar-refractivity contribution < 1.29 is 33.5 Å². The Kier molecular flexibility index (Phi) is 8.35. The number of carbonyl (C=O) groups excluding carboxylic acids is 2. The van der Waals surface area contributed by atoms with E-state index in [2.05, 4.69) is 10.3 Å². The maximum atomic E-state index is 12.4. The third kappa shape index (κ3) is 6.04. The lowest BCUT2D eigenvalue weighted by molar-refractivity contribution is -0.380. The van der Waals surface area contributed by atoms with Crippen LogP contribution in [0.1, 0.15) is 31.1 Å². The van der Waals surface area contributed by atoms with Gasteiger partial charge in [0.25, 0.3) is 5.91 Å². The number of benzene rings is 1. The van der Waals surface area contributed by atoms with Crippen LogP contribution in [0.15, 0.2) is 18.3 Å². The van der Waals surface area contributed by atoms with Crippen LogP contribution in [-0.4, -0.2) is 48.2 Å². The summed E-state index contributed by atoms with van der Waals surface area (Å²) in [6.45, 7) is 5.83. The second kappa shape index (κ2) is 11.0. The Labute approximate surface area is 176 Å². The minimum atomic E-state index is -0.778. The van der Waals surface area contributed by atoms with Crippen LogP contribution in [0.5, 0.6) is 17.2 Å². The van der Waals surface area contributed by atoms with Gasteiger partial charge in [-0.25, -0.2) is 9.78 Å². The zero-order valence-corrected chi connectivity index (χ0v) is 17.4. The molecule has 0 aliphatic carbocycles. The van der Waals surface area contributed by atoms with Crippen LogP contribution in [-0.2, 0) is 9.53 Å². The number of nitrogens with zero attached hydrogens (tertiary/aromatic N) is 2. The van der Waals surface area contributed by atoms with Crippen LogP contribution in [0.25, 0.3) is 0 Å². The highest BCUT2D eigenvalue weighted by molar-refractivity contribution is 7.18. The van der Waals surface area contributed by atoms with Crippen LogP contribution in [0, 0.1) is 10.1 Å². The van der Waals surface area contributed by atoms with E-state index in [1.807, 2.05) is 6.92 Å². The van der Waals surface area contributed by atoms with E-state index < -0.39 is 23.4 Å². The molecule has 0 atom stereocenters. The molecule has 30 heavy (non-hydrogen) atoms. The van der Waals surface area contributed by atoms with E-state index in [-0.39, 0.29) is 15.7 Å². The zero-order valence-electron chi connectivity index (χ0n) is 16.6. The highest BCUT2D eigenvalue weighted by atomic mass is 32.1. The number of anilines is 1. The highest BCUT2D eigenvalue weighted by Gasteiger charge is 2.20. The molecule has 0 aliphatic heterocycles. The Morgan fingerprint density at radius 1 is 1.10 bits per heavy atom. The Hall–Kier alpha value is -3.41. The monoisotopic (exact) mass is 439 g/mol. The summed E-state index contributed by atoms with van der Waals surface area (Å²) < 4.78 is 21.7. The molecule has 162 valence electrons. The SMILES string of the molecule is CCOc1cc(C(=O)OCC(=O)Nc2ncc([N+](=O)[O-])s2)cc(OCC)c1OCC. The molecule has 1 aromatic carbocycles. The fraction of sp³-hybridized carbons (Fsp3) is 0.389. The number of thiazole rings is 1. The molecule has 0 saturated carbocycles. The number of hydrogen-bond acceptors (Lipinski definition) is 10. The maximum absolute atomic E-state index is 12.4. The van der Waals surface area contributed by atoms with Crippen molar-refractivity contribution in [3.63, 3.8) is 0 Å². The highest BCUT2D eigenvalue weighted by Crippen LogP contribution is 2.39. The number of aromatic nitrogens is 1. The summed E-state index contributed by atoms with van der Waals surface area (Å²) in [5.74, 6) is -0.455. The fourth-order valence-electron chi connectivity index (χ4n) is 2.28. The zero-order chi connectivity index (χ0) is 22.1. The number of hydrogen-bond donors (Lipinski definition) is 1. The average molecular weight is 439 g/mol. The summed E-state index contributed by atoms with van der Waals surface area (Å²) in [6, 6.07) is 2.89. The molecule has 1 amide bonds. The van der Waals surface area contributed by atoms with Crippen molar-refractivity contribution in [2.45, 2.75) is 20.8 Å². The Balaban J connectivity index is 2.09. The summed E-state index contributed by atoms with van der Waals surface area (Å²) in [4.78, 5) is 38.1. The number of nitro groups is 1. The average Bonchev–Trinajstić information content (AvgIpc) is 3.17. The van der Waals surface area contributed by atoms with Crippen molar-refractivity contribution in [1.29, 1.82) is 0 Å². The van der Waals surface area contributed by atoms with Crippen LogP contribution < -0.4 is 19.5 Å². The molecule has 0 radical (unpaired) electrons. The summed E-state index contributed by atoms with van der Waals surface area (Å²) in [7, 11) is 0. The van der Waals surface area contributed by atoms with Gasteiger partial charge in [0.2, 0.25) is 5.75 Å². The lowest BCUT2D eigenvalue weighted by Gasteiger charge is -2.16. The number of amides is 1. The molecule has 1 N–H and O–H groups in total. The quantitative estimate of drug-likeness (QED) is 0.318. The molecule has 0 bridgehead atoms. The second-order valence-corrected chi connectivity index (χ2v) is 6.49. The van der Waals surface area contributed by atoms with Crippen molar-refractivity contribution in [2.24, 2.45) is 0 Å². The van der Waals surface area contributed by atoms with Gasteiger partial charge in [-0.3, -0.25) is 20.2 Å². The Morgan fingerprint density at radius 2 is 1.70 bits per heavy atom. The molecule has 0 aliphatic rings. The third-order valence-corrected chi connectivity index (χ3v) is 4.26. The smallest absolute Gasteiger partial charge is 0.345 e. The van der Waals surface area contributed by atoms with E-state index in [0.29, 0.717) is 48.4 Å². The van der Waals surface area contributed by atoms with Crippen LogP contribution in [0.4, 0.5) is 10.1 Å². The molecule has 0 saturated heterocycles. The van der Waals surface area contributed by atoms with E-state index in [1.54, 1.807) is 13.8 Å². The summed E-state index contributed by atoms with van der Waals surface area (Å²) in [5.41, 5.74) is 0.114. The van der Waals surface area contributed by atoms with Crippen molar-refractivity contribution in [1.82, 2.24) is 4.98 Å². The van der Waals surface area contributed by atoms with E-state index in [4.69, 9.17) is 18.9 Å². The van der Waals surface area contributed by atoms with Crippen molar-refractivity contribution in [3.8, 4) is 17.2 Å². The molecule has 0 unspecified atom stereocenters. The Bertz CT molecular complexity index is 888. The fourth-order valence-corrected chi connectivity index (χ4v) is 2.93. The molecule has 0 spiro atoms. The largest absolute Gasteiger partial charge is 0.490 e.